The first-order valence-electron chi connectivity index (χ1n) is 10.6. The van der Waals surface area contributed by atoms with Gasteiger partial charge in [0.15, 0.2) is 11.6 Å². The van der Waals surface area contributed by atoms with Gasteiger partial charge in [0.25, 0.3) is 0 Å². The summed E-state index contributed by atoms with van der Waals surface area (Å²) < 4.78 is 41.3. The van der Waals surface area contributed by atoms with Gasteiger partial charge in [-0.25, -0.2) is 15.0 Å². The molecule has 0 saturated carbocycles. The number of aromatic nitrogens is 3. The van der Waals surface area contributed by atoms with E-state index in [1.54, 1.807) is 0 Å². The van der Waals surface area contributed by atoms with E-state index in [4.69, 9.17) is 25.2 Å². The Hall–Kier alpha value is -2.59. The smallest absolute Gasteiger partial charge is 0.387 e. The Morgan fingerprint density at radius 2 is 2.06 bits per heavy atom. The van der Waals surface area contributed by atoms with Crippen molar-refractivity contribution in [2.75, 3.05) is 43.6 Å². The molecule has 4 heterocycles. The Kier molecular flexibility index (Phi) is 6.77. The van der Waals surface area contributed by atoms with Gasteiger partial charge in [-0.15, -0.1) is 0 Å². The predicted octanol–water partition coefficient (Wildman–Crippen LogP) is 3.23. The van der Waals surface area contributed by atoms with Crippen LogP contribution < -0.4 is 15.4 Å². The zero-order valence-electron chi connectivity index (χ0n) is 17.5. The second-order valence-electron chi connectivity index (χ2n) is 7.73. The van der Waals surface area contributed by atoms with Crippen LogP contribution in [0.2, 0.25) is 0 Å². The van der Waals surface area contributed by atoms with Crippen molar-refractivity contribution < 1.29 is 23.0 Å². The van der Waals surface area contributed by atoms with Crippen molar-refractivity contribution in [1.82, 2.24) is 15.0 Å². The number of pyridine rings is 1. The molecule has 31 heavy (non-hydrogen) atoms. The van der Waals surface area contributed by atoms with Gasteiger partial charge in [0.05, 0.1) is 31.6 Å². The molecule has 2 aliphatic heterocycles. The summed E-state index contributed by atoms with van der Waals surface area (Å²) in [6.45, 7) is 2.37. The van der Waals surface area contributed by atoms with Gasteiger partial charge in [0.1, 0.15) is 11.6 Å². The van der Waals surface area contributed by atoms with Gasteiger partial charge in [-0.2, -0.15) is 8.78 Å². The number of hydrogen-bond acceptors (Lipinski definition) is 8. The summed E-state index contributed by atoms with van der Waals surface area (Å²) >= 11 is 0. The predicted molar refractivity (Wildman–Crippen MR) is 111 cm³/mol. The summed E-state index contributed by atoms with van der Waals surface area (Å²) in [7, 11) is 0. The Morgan fingerprint density at radius 1 is 1.23 bits per heavy atom. The molecular weight excluding hydrogens is 408 g/mol. The topological polar surface area (TPSA) is 95.6 Å². The van der Waals surface area contributed by atoms with Crippen LogP contribution in [0.3, 0.4) is 0 Å². The van der Waals surface area contributed by atoms with Crippen LogP contribution in [0.25, 0.3) is 11.3 Å². The number of nitrogen functional groups attached to an aromatic ring is 1. The summed E-state index contributed by atoms with van der Waals surface area (Å²) in [5.74, 6) is 1.29. The minimum Gasteiger partial charge on any atom is -0.431 e. The van der Waals surface area contributed by atoms with E-state index < -0.39 is 6.61 Å². The monoisotopic (exact) mass is 435 g/mol. The molecule has 0 aliphatic carbocycles. The molecule has 2 fully saturated rings. The van der Waals surface area contributed by atoms with Crippen LogP contribution in [0.5, 0.6) is 5.75 Å². The standard InChI is InChI=1S/C21H27F2N5O3/c1-2-3-15-12-30-7-5-28(15)18-9-16(26-20(27-18)13-4-6-29-11-13)14-8-17(31-21(22)23)19(24)25-10-14/h8-10,13,15,21H,2-7,11-12H2,1H3,(H2,24,25)/t13?,15-/m0/s1. The second-order valence-corrected chi connectivity index (χ2v) is 7.73. The minimum atomic E-state index is -2.99. The van der Waals surface area contributed by atoms with Crippen LogP contribution in [0.15, 0.2) is 18.3 Å². The number of nitrogens with zero attached hydrogens (tertiary/aromatic N) is 4. The Labute approximate surface area is 179 Å². The lowest BCUT2D eigenvalue weighted by molar-refractivity contribution is -0.0494. The number of halogens is 2. The average molecular weight is 435 g/mol. The Balaban J connectivity index is 1.75. The first-order chi connectivity index (χ1) is 15.0. The lowest BCUT2D eigenvalue weighted by Crippen LogP contribution is -2.46. The Morgan fingerprint density at radius 3 is 2.81 bits per heavy atom. The van der Waals surface area contributed by atoms with Gasteiger partial charge in [0.2, 0.25) is 0 Å². The van der Waals surface area contributed by atoms with Crippen LogP contribution in [0, 0.1) is 0 Å². The molecule has 0 spiro atoms. The highest BCUT2D eigenvalue weighted by atomic mass is 19.3. The van der Waals surface area contributed by atoms with Crippen LogP contribution >= 0.6 is 0 Å². The van der Waals surface area contributed by atoms with Gasteiger partial charge in [-0.3, -0.25) is 0 Å². The van der Waals surface area contributed by atoms with Crippen LogP contribution in [-0.4, -0.2) is 60.6 Å². The van der Waals surface area contributed by atoms with E-state index in [0.717, 1.165) is 31.6 Å². The van der Waals surface area contributed by atoms with Crippen LogP contribution in [0.1, 0.15) is 37.9 Å². The third-order valence-electron chi connectivity index (χ3n) is 5.56. The van der Waals surface area contributed by atoms with Crippen LogP contribution in [0.4, 0.5) is 20.4 Å². The van der Waals surface area contributed by atoms with Gasteiger partial charge >= 0.3 is 6.61 Å². The number of hydrogen-bond donors (Lipinski definition) is 1. The number of anilines is 2. The van der Waals surface area contributed by atoms with E-state index in [1.165, 1.54) is 12.3 Å². The fourth-order valence-electron chi connectivity index (χ4n) is 3.98. The lowest BCUT2D eigenvalue weighted by Gasteiger charge is -2.37. The van der Waals surface area contributed by atoms with E-state index >= 15 is 0 Å². The molecule has 2 aliphatic rings. The third kappa shape index (κ3) is 5.01. The number of nitrogens with two attached hydrogens (primary N) is 1. The fourth-order valence-corrected chi connectivity index (χ4v) is 3.98. The van der Waals surface area contributed by atoms with Gasteiger partial charge in [-0.1, -0.05) is 13.3 Å². The van der Waals surface area contributed by atoms with Gasteiger partial charge in [-0.05, 0) is 18.9 Å². The van der Waals surface area contributed by atoms with E-state index in [9.17, 15) is 8.78 Å². The Bertz CT molecular complexity index is 893. The second kappa shape index (κ2) is 9.69. The molecule has 0 amide bonds. The molecule has 0 radical (unpaired) electrons. The summed E-state index contributed by atoms with van der Waals surface area (Å²) in [6.07, 6.45) is 4.36. The fraction of sp³-hybridized carbons (Fsp3) is 0.571. The summed E-state index contributed by atoms with van der Waals surface area (Å²) in [6, 6.07) is 3.53. The molecule has 10 heteroatoms. The van der Waals surface area contributed by atoms with Gasteiger partial charge < -0.3 is 24.8 Å². The van der Waals surface area contributed by atoms with E-state index in [0.29, 0.717) is 43.5 Å². The van der Waals surface area contributed by atoms with Crippen molar-refractivity contribution in [2.45, 2.75) is 44.8 Å². The van der Waals surface area contributed by atoms with Crippen molar-refractivity contribution in [3.8, 4) is 17.0 Å². The van der Waals surface area contributed by atoms with Crippen molar-refractivity contribution in [3.05, 3.63) is 24.2 Å². The molecule has 4 rings (SSSR count). The highest BCUT2D eigenvalue weighted by Crippen LogP contribution is 2.32. The maximum Gasteiger partial charge on any atom is 0.387 e. The largest absolute Gasteiger partial charge is 0.431 e. The molecule has 0 bridgehead atoms. The normalized spacial score (nSPS) is 21.6. The number of ether oxygens (including phenoxy) is 3. The summed E-state index contributed by atoms with van der Waals surface area (Å²) in [4.78, 5) is 15.9. The van der Waals surface area contributed by atoms with E-state index in [-0.39, 0.29) is 23.5 Å². The zero-order valence-corrected chi connectivity index (χ0v) is 17.5. The van der Waals surface area contributed by atoms with Crippen molar-refractivity contribution in [1.29, 1.82) is 0 Å². The average Bonchev–Trinajstić information content (AvgIpc) is 3.30. The zero-order chi connectivity index (χ0) is 21.8. The van der Waals surface area contributed by atoms with E-state index in [1.807, 2.05) is 6.07 Å². The number of alkyl halides is 2. The molecule has 2 atom stereocenters. The molecule has 2 aromatic rings. The van der Waals surface area contributed by atoms with Crippen molar-refractivity contribution in [2.24, 2.45) is 0 Å². The molecule has 8 nitrogen and oxygen atoms in total. The molecule has 2 N–H and O–H groups in total. The highest BCUT2D eigenvalue weighted by Gasteiger charge is 2.27. The van der Waals surface area contributed by atoms with Gasteiger partial charge in [0, 0.05) is 36.9 Å². The SMILES string of the molecule is CCC[C@H]1COCCN1c1cc(-c2cnc(N)c(OC(F)F)c2)nc(C2CCOC2)n1. The third-order valence-corrected chi connectivity index (χ3v) is 5.56. The lowest BCUT2D eigenvalue weighted by atomic mass is 10.1. The molecule has 2 saturated heterocycles. The minimum absolute atomic E-state index is 0.0860. The molecule has 0 aromatic carbocycles. The summed E-state index contributed by atoms with van der Waals surface area (Å²) in [5.41, 5.74) is 6.82. The molecule has 2 aromatic heterocycles. The van der Waals surface area contributed by atoms with Crippen LogP contribution in [-0.2, 0) is 9.47 Å². The van der Waals surface area contributed by atoms with E-state index in [2.05, 4.69) is 21.5 Å². The molecular formula is C21H27F2N5O3. The van der Waals surface area contributed by atoms with Crippen molar-refractivity contribution >= 4 is 11.6 Å². The number of morpholine rings is 1. The molecule has 168 valence electrons. The maximum atomic E-state index is 12.8. The molecule has 1 unspecified atom stereocenters. The maximum absolute atomic E-state index is 12.8. The highest BCUT2D eigenvalue weighted by molar-refractivity contribution is 5.66. The summed E-state index contributed by atoms with van der Waals surface area (Å²) in [5, 5.41) is 0. The number of rotatable bonds is 7. The first kappa shape index (κ1) is 21.6. The first-order valence-corrected chi connectivity index (χ1v) is 10.6. The van der Waals surface area contributed by atoms with Crippen molar-refractivity contribution in [3.63, 3.8) is 0 Å². The quantitative estimate of drug-likeness (QED) is 0.708.